The van der Waals surface area contributed by atoms with Crippen molar-refractivity contribution in [3.63, 3.8) is 0 Å². The number of Topliss-reactive ketones (excluding diaryl/α,β-unsaturated/α-hetero) is 1. The number of ketones is 1. The summed E-state index contributed by atoms with van der Waals surface area (Å²) >= 11 is 4.32. The SMILES string of the molecule is O=C(/C(=N\Nc1ccc([N+](=O)[O-])cc1)Sc1nnc(-c2cccc(Br)c2)o1)c1ccccc1. The molecule has 4 aromatic rings. The second-order valence-electron chi connectivity index (χ2n) is 6.51. The molecule has 33 heavy (non-hydrogen) atoms. The van der Waals surface area contributed by atoms with Crippen molar-refractivity contribution in [3.8, 4) is 11.5 Å². The van der Waals surface area contributed by atoms with Gasteiger partial charge in [-0.15, -0.1) is 10.2 Å². The third kappa shape index (κ3) is 5.70. The molecule has 0 aliphatic heterocycles. The first-order valence-corrected chi connectivity index (χ1v) is 11.1. The van der Waals surface area contributed by atoms with Crippen molar-refractivity contribution in [3.05, 3.63) is 99.0 Å². The van der Waals surface area contributed by atoms with Gasteiger partial charge in [0.25, 0.3) is 10.9 Å². The van der Waals surface area contributed by atoms with Crippen molar-refractivity contribution in [2.45, 2.75) is 5.22 Å². The van der Waals surface area contributed by atoms with Gasteiger partial charge in [0.2, 0.25) is 11.7 Å². The van der Waals surface area contributed by atoms with Crippen molar-refractivity contribution in [1.29, 1.82) is 0 Å². The molecule has 0 aliphatic rings. The van der Waals surface area contributed by atoms with Gasteiger partial charge in [-0.25, -0.2) is 0 Å². The third-order valence-corrected chi connectivity index (χ3v) is 5.56. The monoisotopic (exact) mass is 523 g/mol. The number of anilines is 1. The van der Waals surface area contributed by atoms with E-state index < -0.39 is 4.92 Å². The molecule has 1 heterocycles. The normalized spacial score (nSPS) is 11.2. The molecule has 0 radical (unpaired) electrons. The summed E-state index contributed by atoms with van der Waals surface area (Å²) in [6, 6.07) is 21.7. The minimum Gasteiger partial charge on any atom is -0.411 e. The number of nitro benzene ring substituents is 1. The molecule has 0 unspecified atom stereocenters. The highest BCUT2D eigenvalue weighted by Crippen LogP contribution is 2.27. The number of hydrogen-bond donors (Lipinski definition) is 1. The van der Waals surface area contributed by atoms with E-state index in [1.54, 1.807) is 30.3 Å². The Morgan fingerprint density at radius 3 is 2.48 bits per heavy atom. The number of carbonyl (C=O) groups excluding carboxylic acids is 1. The standard InChI is InChI=1S/C22H14BrN5O4S/c23-16-8-4-7-15(13-16)20-25-27-22(32-20)33-21(19(29)14-5-2-1-3-6-14)26-24-17-9-11-18(12-10-17)28(30)31/h1-13,24H/b26-21+. The maximum atomic E-state index is 13.1. The van der Waals surface area contributed by atoms with Crippen LogP contribution in [0.15, 0.2) is 98.1 Å². The zero-order chi connectivity index (χ0) is 23.2. The summed E-state index contributed by atoms with van der Waals surface area (Å²) in [5, 5.41) is 23.3. The van der Waals surface area contributed by atoms with E-state index in [0.717, 1.165) is 21.8 Å². The van der Waals surface area contributed by atoms with Gasteiger partial charge in [0.1, 0.15) is 0 Å². The summed E-state index contributed by atoms with van der Waals surface area (Å²) in [6.07, 6.45) is 0. The van der Waals surface area contributed by atoms with Crippen molar-refractivity contribution < 1.29 is 14.1 Å². The number of nitro groups is 1. The Hall–Kier alpha value is -3.83. The minimum absolute atomic E-state index is 0.0505. The lowest BCUT2D eigenvalue weighted by molar-refractivity contribution is -0.384. The number of carbonyl (C=O) groups is 1. The lowest BCUT2D eigenvalue weighted by atomic mass is 10.1. The Labute approximate surface area is 200 Å². The minimum atomic E-state index is -0.494. The molecule has 0 saturated heterocycles. The van der Waals surface area contributed by atoms with Gasteiger partial charge in [-0.05, 0) is 42.1 Å². The molecule has 11 heteroatoms. The van der Waals surface area contributed by atoms with Gasteiger partial charge in [-0.2, -0.15) is 5.10 Å². The Morgan fingerprint density at radius 1 is 1.03 bits per heavy atom. The van der Waals surface area contributed by atoms with E-state index in [1.807, 2.05) is 24.3 Å². The fourth-order valence-corrected chi connectivity index (χ4v) is 3.75. The average Bonchev–Trinajstić information content (AvgIpc) is 3.31. The van der Waals surface area contributed by atoms with E-state index in [9.17, 15) is 14.9 Å². The van der Waals surface area contributed by atoms with E-state index >= 15 is 0 Å². The van der Waals surface area contributed by atoms with Crippen LogP contribution in [0.2, 0.25) is 0 Å². The average molecular weight is 524 g/mol. The zero-order valence-electron chi connectivity index (χ0n) is 16.7. The highest BCUT2D eigenvalue weighted by molar-refractivity contribution is 9.10. The van der Waals surface area contributed by atoms with Crippen molar-refractivity contribution in [1.82, 2.24) is 10.2 Å². The smallest absolute Gasteiger partial charge is 0.283 e. The predicted molar refractivity (Wildman–Crippen MR) is 128 cm³/mol. The van der Waals surface area contributed by atoms with Gasteiger partial charge in [-0.3, -0.25) is 20.3 Å². The number of nitrogens with zero attached hydrogens (tertiary/aromatic N) is 4. The molecule has 9 nitrogen and oxygen atoms in total. The number of rotatable bonds is 7. The second kappa shape index (κ2) is 10.2. The molecule has 164 valence electrons. The lowest BCUT2D eigenvalue weighted by Gasteiger charge is -2.05. The molecule has 1 N–H and O–H groups in total. The first kappa shape index (κ1) is 22.4. The largest absolute Gasteiger partial charge is 0.411 e. The van der Waals surface area contributed by atoms with E-state index in [0.29, 0.717) is 17.1 Å². The molecule has 4 rings (SSSR count). The zero-order valence-corrected chi connectivity index (χ0v) is 19.1. The topological polar surface area (TPSA) is 124 Å². The van der Waals surface area contributed by atoms with Gasteiger partial charge in [0.15, 0.2) is 5.04 Å². The van der Waals surface area contributed by atoms with Crippen LogP contribution in [0.25, 0.3) is 11.5 Å². The van der Waals surface area contributed by atoms with Crippen LogP contribution in [0.5, 0.6) is 0 Å². The Balaban J connectivity index is 1.60. The van der Waals surface area contributed by atoms with Crippen LogP contribution in [0.3, 0.4) is 0 Å². The number of non-ortho nitro benzene ring substituents is 1. The number of benzene rings is 3. The van der Waals surface area contributed by atoms with Crippen LogP contribution in [-0.2, 0) is 0 Å². The highest BCUT2D eigenvalue weighted by Gasteiger charge is 2.20. The number of halogens is 1. The maximum Gasteiger partial charge on any atom is 0.283 e. The lowest BCUT2D eigenvalue weighted by Crippen LogP contribution is -2.13. The molecule has 1 aromatic heterocycles. The van der Waals surface area contributed by atoms with Gasteiger partial charge >= 0.3 is 0 Å². The molecule has 0 atom stereocenters. The van der Waals surface area contributed by atoms with Crippen molar-refractivity contribution in [2.75, 3.05) is 5.43 Å². The third-order valence-electron chi connectivity index (χ3n) is 4.26. The molecular weight excluding hydrogens is 510 g/mol. The first-order chi connectivity index (χ1) is 16.0. The molecule has 0 saturated carbocycles. The molecule has 3 aromatic carbocycles. The summed E-state index contributed by atoms with van der Waals surface area (Å²) in [4.78, 5) is 23.4. The van der Waals surface area contributed by atoms with E-state index in [-0.39, 0.29) is 21.7 Å². The van der Waals surface area contributed by atoms with Crippen LogP contribution in [0.1, 0.15) is 10.4 Å². The fraction of sp³-hybridized carbons (Fsp3) is 0. The summed E-state index contributed by atoms with van der Waals surface area (Å²) in [7, 11) is 0. The Bertz CT molecular complexity index is 1330. The maximum absolute atomic E-state index is 13.1. The van der Waals surface area contributed by atoms with E-state index in [4.69, 9.17) is 4.42 Å². The molecule has 0 bridgehead atoms. The summed E-state index contributed by atoms with van der Waals surface area (Å²) in [5.74, 6) is -0.0501. The van der Waals surface area contributed by atoms with Crippen LogP contribution in [0.4, 0.5) is 11.4 Å². The number of aromatic nitrogens is 2. The van der Waals surface area contributed by atoms with Crippen LogP contribution < -0.4 is 5.43 Å². The molecule has 0 aliphatic carbocycles. The number of hydrazone groups is 1. The highest BCUT2D eigenvalue weighted by atomic mass is 79.9. The van der Waals surface area contributed by atoms with E-state index in [1.165, 1.54) is 24.3 Å². The van der Waals surface area contributed by atoms with Crippen LogP contribution in [-0.4, -0.2) is 25.9 Å². The molecular formula is C22H14BrN5O4S. The summed E-state index contributed by atoms with van der Waals surface area (Å²) < 4.78 is 6.58. The van der Waals surface area contributed by atoms with Gasteiger partial charge in [0, 0.05) is 27.7 Å². The van der Waals surface area contributed by atoms with Crippen molar-refractivity contribution >= 4 is 49.9 Å². The Morgan fingerprint density at radius 2 is 1.79 bits per heavy atom. The van der Waals surface area contributed by atoms with Crippen molar-refractivity contribution in [2.24, 2.45) is 5.10 Å². The summed E-state index contributed by atoms with van der Waals surface area (Å²) in [5.41, 5.74) is 4.33. The molecule has 0 fully saturated rings. The van der Waals surface area contributed by atoms with Gasteiger partial charge in [0.05, 0.1) is 10.6 Å². The number of hydrogen-bond acceptors (Lipinski definition) is 9. The Kier molecular flexibility index (Phi) is 6.91. The number of nitrogens with one attached hydrogen (secondary N) is 1. The molecule has 0 spiro atoms. The first-order valence-electron chi connectivity index (χ1n) is 9.45. The predicted octanol–water partition coefficient (Wildman–Crippen LogP) is 5.81. The van der Waals surface area contributed by atoms with E-state index in [2.05, 4.69) is 36.7 Å². The second-order valence-corrected chi connectivity index (χ2v) is 8.37. The number of thioether (sulfide) groups is 1. The fourth-order valence-electron chi connectivity index (χ4n) is 2.68. The van der Waals surface area contributed by atoms with Gasteiger partial charge < -0.3 is 4.42 Å². The molecule has 0 amide bonds. The van der Waals surface area contributed by atoms with Crippen LogP contribution in [0, 0.1) is 10.1 Å². The quantitative estimate of drug-likeness (QED) is 0.0803. The van der Waals surface area contributed by atoms with Gasteiger partial charge in [-0.1, -0.05) is 52.3 Å². The summed E-state index contributed by atoms with van der Waals surface area (Å²) in [6.45, 7) is 0. The van der Waals surface area contributed by atoms with Crippen LogP contribution >= 0.6 is 27.7 Å².